The third-order valence-corrected chi connectivity index (χ3v) is 3.41. The second-order valence-electron chi connectivity index (χ2n) is 3.68. The molecular weight excluding hydrogens is 267 g/mol. The summed E-state index contributed by atoms with van der Waals surface area (Å²) in [6, 6.07) is 0.955. The van der Waals surface area contributed by atoms with Crippen LogP contribution in [0.1, 0.15) is 5.69 Å². The molecule has 1 aromatic rings. The van der Waals surface area contributed by atoms with Gasteiger partial charge in [0.1, 0.15) is 5.82 Å². The molecule has 0 unspecified atom stereocenters. The molecule has 0 spiro atoms. The Hall–Kier alpha value is -1.22. The Morgan fingerprint density at radius 2 is 1.94 bits per heavy atom. The average molecular weight is 279 g/mol. The molecule has 0 amide bonds. The minimum atomic E-state index is -4.51. The van der Waals surface area contributed by atoms with Crippen molar-refractivity contribution >= 4 is 23.5 Å². The third kappa shape index (κ3) is 2.96. The summed E-state index contributed by atoms with van der Waals surface area (Å²) in [6.07, 6.45) is -4.51. The summed E-state index contributed by atoms with van der Waals surface area (Å²) >= 11 is 1.77. The van der Waals surface area contributed by atoms with E-state index >= 15 is 0 Å². The number of thioether (sulfide) groups is 1. The van der Waals surface area contributed by atoms with Crippen molar-refractivity contribution in [1.82, 2.24) is 9.97 Å². The minimum absolute atomic E-state index is 0.224. The molecule has 9 heteroatoms. The van der Waals surface area contributed by atoms with Crippen LogP contribution in [-0.4, -0.2) is 34.6 Å². The predicted octanol–water partition coefficient (Wildman–Crippen LogP) is 1.33. The van der Waals surface area contributed by atoms with Gasteiger partial charge in [-0.1, -0.05) is 0 Å². The van der Waals surface area contributed by atoms with Crippen LogP contribution in [0, 0.1) is 0 Å². The largest absolute Gasteiger partial charge is 0.433 e. The summed E-state index contributed by atoms with van der Waals surface area (Å²) < 4.78 is 38.0. The van der Waals surface area contributed by atoms with Crippen LogP contribution in [0.2, 0.25) is 0 Å². The highest BCUT2D eigenvalue weighted by Crippen LogP contribution is 2.30. The number of nitrogens with two attached hydrogens (primary N) is 1. The second-order valence-corrected chi connectivity index (χ2v) is 4.90. The number of nitrogens with zero attached hydrogens (tertiary/aromatic N) is 3. The van der Waals surface area contributed by atoms with Gasteiger partial charge in [-0.15, -0.1) is 0 Å². The van der Waals surface area contributed by atoms with Gasteiger partial charge in [0.2, 0.25) is 5.95 Å². The molecule has 18 heavy (non-hydrogen) atoms. The van der Waals surface area contributed by atoms with E-state index in [4.69, 9.17) is 5.84 Å². The van der Waals surface area contributed by atoms with Crippen molar-refractivity contribution in [3.8, 4) is 0 Å². The quantitative estimate of drug-likeness (QED) is 0.629. The zero-order valence-electron chi connectivity index (χ0n) is 9.37. The monoisotopic (exact) mass is 279 g/mol. The van der Waals surface area contributed by atoms with E-state index in [2.05, 4.69) is 15.4 Å². The van der Waals surface area contributed by atoms with E-state index in [1.54, 1.807) is 16.7 Å². The van der Waals surface area contributed by atoms with E-state index in [9.17, 15) is 13.2 Å². The summed E-state index contributed by atoms with van der Waals surface area (Å²) in [5.41, 5.74) is 1.08. The zero-order valence-corrected chi connectivity index (χ0v) is 10.2. The number of rotatable bonds is 2. The van der Waals surface area contributed by atoms with E-state index in [1.807, 2.05) is 0 Å². The number of alkyl halides is 3. The van der Waals surface area contributed by atoms with Crippen molar-refractivity contribution in [2.24, 2.45) is 5.84 Å². The van der Waals surface area contributed by atoms with Gasteiger partial charge < -0.3 is 4.90 Å². The third-order valence-electron chi connectivity index (χ3n) is 2.47. The number of halogens is 3. The highest BCUT2D eigenvalue weighted by molar-refractivity contribution is 7.99. The van der Waals surface area contributed by atoms with Crippen LogP contribution in [0.25, 0.3) is 0 Å². The molecule has 1 saturated heterocycles. The van der Waals surface area contributed by atoms with Gasteiger partial charge in [0.25, 0.3) is 0 Å². The molecule has 3 N–H and O–H groups in total. The summed E-state index contributed by atoms with van der Waals surface area (Å²) in [6.45, 7) is 1.34. The lowest BCUT2D eigenvalue weighted by atomic mass is 10.3. The smallest absolute Gasteiger partial charge is 0.355 e. The Bertz CT molecular complexity index is 419. The molecule has 2 heterocycles. The van der Waals surface area contributed by atoms with Crippen molar-refractivity contribution in [3.63, 3.8) is 0 Å². The molecule has 1 aromatic heterocycles. The standard InChI is InChI=1S/C9H12F3N5S/c10-9(11,12)6-5-7(15-8(14-6)16-13)17-1-3-18-4-2-17/h5H,1-4,13H2,(H,14,15,16). The lowest BCUT2D eigenvalue weighted by molar-refractivity contribution is -0.141. The van der Waals surface area contributed by atoms with Gasteiger partial charge in [-0.3, -0.25) is 5.43 Å². The predicted molar refractivity (Wildman–Crippen MR) is 64.4 cm³/mol. The van der Waals surface area contributed by atoms with Crippen molar-refractivity contribution in [1.29, 1.82) is 0 Å². The number of hydrogen-bond donors (Lipinski definition) is 2. The van der Waals surface area contributed by atoms with Crippen molar-refractivity contribution < 1.29 is 13.2 Å². The Labute approximate surface area is 106 Å². The van der Waals surface area contributed by atoms with E-state index < -0.39 is 11.9 Å². The molecule has 0 aromatic carbocycles. The number of nitrogens with one attached hydrogen (secondary N) is 1. The fourth-order valence-corrected chi connectivity index (χ4v) is 2.50. The topological polar surface area (TPSA) is 67.1 Å². The Kier molecular flexibility index (Phi) is 3.81. The summed E-state index contributed by atoms with van der Waals surface area (Å²) in [5.74, 6) is 6.87. The second kappa shape index (κ2) is 5.19. The van der Waals surface area contributed by atoms with Crippen LogP contribution in [0.3, 0.4) is 0 Å². The molecule has 1 aliphatic rings. The van der Waals surface area contributed by atoms with Crippen LogP contribution in [-0.2, 0) is 6.18 Å². The van der Waals surface area contributed by atoms with E-state index in [1.165, 1.54) is 0 Å². The lowest BCUT2D eigenvalue weighted by Gasteiger charge is -2.27. The molecule has 0 bridgehead atoms. The van der Waals surface area contributed by atoms with Gasteiger partial charge in [-0.25, -0.2) is 10.8 Å². The Balaban J connectivity index is 2.34. The molecule has 1 fully saturated rings. The van der Waals surface area contributed by atoms with Gasteiger partial charge in [0, 0.05) is 30.7 Å². The van der Waals surface area contributed by atoms with Gasteiger partial charge in [-0.05, 0) is 0 Å². The van der Waals surface area contributed by atoms with Gasteiger partial charge in [0.15, 0.2) is 5.69 Å². The average Bonchev–Trinajstić information content (AvgIpc) is 2.38. The van der Waals surface area contributed by atoms with Crippen molar-refractivity contribution in [2.45, 2.75) is 6.18 Å². The van der Waals surface area contributed by atoms with Crippen LogP contribution in [0.15, 0.2) is 6.07 Å². The van der Waals surface area contributed by atoms with E-state index in [-0.39, 0.29) is 11.8 Å². The van der Waals surface area contributed by atoms with Gasteiger partial charge >= 0.3 is 6.18 Å². The maximum atomic E-state index is 12.7. The minimum Gasteiger partial charge on any atom is -0.355 e. The first-order valence-electron chi connectivity index (χ1n) is 5.26. The van der Waals surface area contributed by atoms with Crippen molar-refractivity contribution in [2.75, 3.05) is 34.9 Å². The van der Waals surface area contributed by atoms with Gasteiger partial charge in [0.05, 0.1) is 0 Å². The van der Waals surface area contributed by atoms with Crippen LogP contribution >= 0.6 is 11.8 Å². The Morgan fingerprint density at radius 3 is 2.50 bits per heavy atom. The fourth-order valence-electron chi connectivity index (χ4n) is 1.60. The number of anilines is 2. The first kappa shape index (κ1) is 13.2. The lowest BCUT2D eigenvalue weighted by Crippen LogP contribution is -2.33. The maximum absolute atomic E-state index is 12.7. The molecule has 100 valence electrons. The molecule has 0 radical (unpaired) electrons. The van der Waals surface area contributed by atoms with Crippen molar-refractivity contribution in [3.05, 3.63) is 11.8 Å². The highest BCUT2D eigenvalue weighted by atomic mass is 32.2. The van der Waals surface area contributed by atoms with E-state index in [0.29, 0.717) is 13.1 Å². The van der Waals surface area contributed by atoms with Crippen LogP contribution in [0.5, 0.6) is 0 Å². The molecule has 1 aliphatic heterocycles. The highest BCUT2D eigenvalue weighted by Gasteiger charge is 2.34. The van der Waals surface area contributed by atoms with Crippen LogP contribution < -0.4 is 16.2 Å². The SMILES string of the molecule is NNc1nc(N2CCSCC2)cc(C(F)(F)F)n1. The zero-order chi connectivity index (χ0) is 13.2. The maximum Gasteiger partial charge on any atom is 0.433 e. The summed E-state index contributed by atoms with van der Waals surface area (Å²) in [5, 5.41) is 0. The summed E-state index contributed by atoms with van der Waals surface area (Å²) in [4.78, 5) is 9.07. The fraction of sp³-hybridized carbons (Fsp3) is 0.556. The van der Waals surface area contributed by atoms with E-state index in [0.717, 1.165) is 17.6 Å². The normalized spacial score (nSPS) is 16.8. The summed E-state index contributed by atoms with van der Waals surface area (Å²) in [7, 11) is 0. The van der Waals surface area contributed by atoms with Gasteiger partial charge in [-0.2, -0.15) is 29.9 Å². The number of hydrogen-bond acceptors (Lipinski definition) is 6. The number of hydrazine groups is 1. The Morgan fingerprint density at radius 1 is 1.28 bits per heavy atom. The first-order valence-corrected chi connectivity index (χ1v) is 6.42. The molecular formula is C9H12F3N5S. The van der Waals surface area contributed by atoms with Crippen LogP contribution in [0.4, 0.5) is 24.9 Å². The molecule has 0 saturated carbocycles. The number of aromatic nitrogens is 2. The molecule has 0 atom stereocenters. The number of nitrogen functional groups attached to an aromatic ring is 1. The molecule has 2 rings (SSSR count). The molecule has 5 nitrogen and oxygen atoms in total. The first-order chi connectivity index (χ1) is 8.50. The molecule has 0 aliphatic carbocycles.